The van der Waals surface area contributed by atoms with Gasteiger partial charge in [-0.15, -0.1) is 0 Å². The highest BCUT2D eigenvalue weighted by Gasteiger charge is 2.18. The normalized spacial score (nSPS) is 17.5. The van der Waals surface area contributed by atoms with E-state index in [9.17, 15) is 0 Å². The van der Waals surface area contributed by atoms with Crippen LogP contribution in [-0.2, 0) is 6.61 Å². The van der Waals surface area contributed by atoms with Crippen LogP contribution in [0.3, 0.4) is 0 Å². The Labute approximate surface area is 84.0 Å². The topological polar surface area (TPSA) is 59.1 Å². The molecule has 0 atom stereocenters. The third-order valence-corrected chi connectivity index (χ3v) is 3.02. The van der Waals surface area contributed by atoms with E-state index in [-0.39, 0.29) is 6.61 Å². The molecular weight excluding hydrogens is 176 g/mol. The molecule has 0 unspecified atom stereocenters. The molecule has 1 heterocycles. The smallest absolute Gasteiger partial charge is 0.128 e. The van der Waals surface area contributed by atoms with Crippen molar-refractivity contribution in [2.24, 2.45) is 0 Å². The summed E-state index contributed by atoms with van der Waals surface area (Å²) in [6.07, 6.45) is 6.96. The molecule has 0 amide bonds. The molecule has 3 heteroatoms. The van der Waals surface area contributed by atoms with E-state index >= 15 is 0 Å². The van der Waals surface area contributed by atoms with Crippen LogP contribution in [0.5, 0.6) is 0 Å². The largest absolute Gasteiger partial charge is 0.392 e. The highest BCUT2D eigenvalue weighted by Crippen LogP contribution is 2.34. The van der Waals surface area contributed by atoms with E-state index in [1.54, 1.807) is 0 Å². The van der Waals surface area contributed by atoms with E-state index in [0.29, 0.717) is 11.7 Å². The Morgan fingerprint density at radius 2 is 2.14 bits per heavy atom. The average molecular weight is 192 g/mol. The Hall–Kier alpha value is -1.09. The van der Waals surface area contributed by atoms with E-state index < -0.39 is 0 Å². The molecule has 0 spiro atoms. The molecule has 76 valence electrons. The lowest BCUT2D eigenvalue weighted by atomic mass is 9.98. The number of pyridine rings is 1. The maximum absolute atomic E-state index is 9.07. The molecule has 0 aliphatic heterocycles. The molecule has 1 aromatic heterocycles. The van der Waals surface area contributed by atoms with Crippen LogP contribution in [0.4, 0.5) is 5.82 Å². The molecule has 1 aromatic rings. The number of aliphatic hydroxyl groups is 1. The van der Waals surface area contributed by atoms with Gasteiger partial charge >= 0.3 is 0 Å². The van der Waals surface area contributed by atoms with Gasteiger partial charge in [0, 0.05) is 11.8 Å². The third-order valence-electron chi connectivity index (χ3n) is 3.02. The number of nitrogens with zero attached hydrogens (tertiary/aromatic N) is 1. The quantitative estimate of drug-likeness (QED) is 0.751. The predicted octanol–water partition coefficient (Wildman–Crippen LogP) is 1.81. The van der Waals surface area contributed by atoms with Crippen molar-refractivity contribution in [1.29, 1.82) is 0 Å². The first-order chi connectivity index (χ1) is 6.81. The van der Waals surface area contributed by atoms with Crippen molar-refractivity contribution < 1.29 is 5.11 Å². The summed E-state index contributed by atoms with van der Waals surface area (Å²) in [6, 6.07) is 2.00. The zero-order valence-electron chi connectivity index (χ0n) is 8.24. The Bertz CT molecular complexity index is 319. The van der Waals surface area contributed by atoms with Gasteiger partial charge in [-0.25, -0.2) is 4.98 Å². The van der Waals surface area contributed by atoms with Crippen molar-refractivity contribution >= 4 is 5.82 Å². The molecule has 3 nitrogen and oxygen atoms in total. The second kappa shape index (κ2) is 3.96. The van der Waals surface area contributed by atoms with Crippen LogP contribution in [0, 0.1) is 0 Å². The molecule has 1 fully saturated rings. The molecule has 0 bridgehead atoms. The molecule has 1 saturated carbocycles. The number of aliphatic hydroxyl groups excluding tert-OH is 1. The number of nitrogens with two attached hydrogens (primary N) is 1. The van der Waals surface area contributed by atoms with Gasteiger partial charge in [0.25, 0.3) is 0 Å². The molecule has 3 N–H and O–H groups in total. The van der Waals surface area contributed by atoms with Gasteiger partial charge in [0.15, 0.2) is 0 Å². The minimum Gasteiger partial charge on any atom is -0.392 e. The number of hydrogen-bond acceptors (Lipinski definition) is 3. The van der Waals surface area contributed by atoms with Crippen molar-refractivity contribution in [3.63, 3.8) is 0 Å². The fourth-order valence-corrected chi connectivity index (χ4v) is 2.15. The molecule has 1 aliphatic rings. The summed E-state index contributed by atoms with van der Waals surface area (Å²) in [4.78, 5) is 4.11. The number of hydrogen-bond donors (Lipinski definition) is 2. The van der Waals surface area contributed by atoms with Crippen molar-refractivity contribution in [2.75, 3.05) is 5.73 Å². The lowest BCUT2D eigenvalue weighted by Crippen LogP contribution is -2.01. The van der Waals surface area contributed by atoms with Crippen LogP contribution < -0.4 is 5.73 Å². The minimum absolute atomic E-state index is 0.0145. The van der Waals surface area contributed by atoms with Gasteiger partial charge in [-0.05, 0) is 30.4 Å². The predicted molar refractivity (Wildman–Crippen MR) is 55.8 cm³/mol. The van der Waals surface area contributed by atoms with Gasteiger partial charge in [-0.1, -0.05) is 12.8 Å². The van der Waals surface area contributed by atoms with E-state index in [0.717, 1.165) is 5.56 Å². The highest BCUT2D eigenvalue weighted by atomic mass is 16.3. The van der Waals surface area contributed by atoms with Crippen LogP contribution in [0.15, 0.2) is 12.3 Å². The number of rotatable bonds is 2. The lowest BCUT2D eigenvalue weighted by molar-refractivity contribution is 0.282. The summed E-state index contributed by atoms with van der Waals surface area (Å²) >= 11 is 0. The zero-order chi connectivity index (χ0) is 9.97. The maximum Gasteiger partial charge on any atom is 0.128 e. The van der Waals surface area contributed by atoms with Gasteiger partial charge < -0.3 is 10.8 Å². The van der Waals surface area contributed by atoms with Crippen molar-refractivity contribution in [3.05, 3.63) is 23.4 Å². The molecule has 14 heavy (non-hydrogen) atoms. The van der Waals surface area contributed by atoms with Crippen LogP contribution in [0.2, 0.25) is 0 Å². The Kier molecular flexibility index (Phi) is 2.68. The lowest BCUT2D eigenvalue weighted by Gasteiger charge is -2.11. The van der Waals surface area contributed by atoms with Gasteiger partial charge in [-0.2, -0.15) is 0 Å². The number of anilines is 1. The van der Waals surface area contributed by atoms with Crippen molar-refractivity contribution in [1.82, 2.24) is 4.98 Å². The van der Waals surface area contributed by atoms with E-state index in [1.807, 2.05) is 12.3 Å². The summed E-state index contributed by atoms with van der Waals surface area (Å²) in [7, 11) is 0. The fourth-order valence-electron chi connectivity index (χ4n) is 2.15. The van der Waals surface area contributed by atoms with Crippen molar-refractivity contribution in [2.45, 2.75) is 38.2 Å². The van der Waals surface area contributed by atoms with Crippen LogP contribution >= 0.6 is 0 Å². The summed E-state index contributed by atoms with van der Waals surface area (Å²) in [5, 5.41) is 9.07. The summed E-state index contributed by atoms with van der Waals surface area (Å²) in [6.45, 7) is -0.0145. The number of nitrogen functional groups attached to an aromatic ring is 1. The Morgan fingerprint density at radius 1 is 1.43 bits per heavy atom. The van der Waals surface area contributed by atoms with Crippen LogP contribution in [-0.4, -0.2) is 10.1 Å². The second-order valence-electron chi connectivity index (χ2n) is 3.95. The highest BCUT2D eigenvalue weighted by molar-refractivity contribution is 5.41. The van der Waals surface area contributed by atoms with Gasteiger partial charge in [-0.3, -0.25) is 0 Å². The minimum atomic E-state index is -0.0145. The summed E-state index contributed by atoms with van der Waals surface area (Å²) in [5.74, 6) is 1.09. The molecule has 1 aliphatic carbocycles. The number of aromatic nitrogens is 1. The van der Waals surface area contributed by atoms with Gasteiger partial charge in [0.2, 0.25) is 0 Å². The fraction of sp³-hybridized carbons (Fsp3) is 0.545. The summed E-state index contributed by atoms with van der Waals surface area (Å²) in [5.41, 5.74) is 7.62. The van der Waals surface area contributed by atoms with E-state index in [4.69, 9.17) is 10.8 Å². The summed E-state index contributed by atoms with van der Waals surface area (Å²) < 4.78 is 0. The SMILES string of the molecule is Nc1ncc(C2CCCC2)cc1CO. The average Bonchev–Trinajstić information content (AvgIpc) is 2.71. The molecule has 2 rings (SSSR count). The molecular formula is C11H16N2O. The Morgan fingerprint density at radius 3 is 2.79 bits per heavy atom. The standard InChI is InChI=1S/C11H16N2O/c12-11-10(7-14)5-9(6-13-11)8-3-1-2-4-8/h5-6,8,14H,1-4,7H2,(H2,12,13). The van der Waals surface area contributed by atoms with Crippen LogP contribution in [0.1, 0.15) is 42.7 Å². The zero-order valence-corrected chi connectivity index (χ0v) is 8.24. The monoisotopic (exact) mass is 192 g/mol. The maximum atomic E-state index is 9.07. The third kappa shape index (κ3) is 1.73. The van der Waals surface area contributed by atoms with Gasteiger partial charge in [0.1, 0.15) is 5.82 Å². The first kappa shape index (κ1) is 9.46. The first-order valence-electron chi connectivity index (χ1n) is 5.16. The van der Waals surface area contributed by atoms with Gasteiger partial charge in [0.05, 0.1) is 6.61 Å². The van der Waals surface area contributed by atoms with E-state index in [2.05, 4.69) is 4.98 Å². The Balaban J connectivity index is 2.25. The first-order valence-corrected chi connectivity index (χ1v) is 5.16. The van der Waals surface area contributed by atoms with Crippen LogP contribution in [0.25, 0.3) is 0 Å². The molecule has 0 radical (unpaired) electrons. The molecule has 0 saturated heterocycles. The van der Waals surface area contributed by atoms with E-state index in [1.165, 1.54) is 31.2 Å². The molecule has 0 aromatic carbocycles. The van der Waals surface area contributed by atoms with Crippen molar-refractivity contribution in [3.8, 4) is 0 Å². The second-order valence-corrected chi connectivity index (χ2v) is 3.95.